The second-order valence-corrected chi connectivity index (χ2v) is 5.85. The summed E-state index contributed by atoms with van der Waals surface area (Å²) >= 11 is 3.48. The zero-order chi connectivity index (χ0) is 14.1. The first-order valence-electron chi connectivity index (χ1n) is 6.56. The molecular formula is C16H16BrNO2. The van der Waals surface area contributed by atoms with Crippen molar-refractivity contribution in [2.75, 3.05) is 12.1 Å². The van der Waals surface area contributed by atoms with Crippen LogP contribution in [0, 0.1) is 6.92 Å². The highest BCUT2D eigenvalue weighted by atomic mass is 79.9. The highest BCUT2D eigenvalue weighted by molar-refractivity contribution is 9.10. The molecule has 104 valence electrons. The van der Waals surface area contributed by atoms with Crippen LogP contribution in [0.1, 0.15) is 24.1 Å². The standard InChI is InChI=1S/C16H16BrNO2/c1-10-7-13(17)4-5-14(10)18-11(2)12-3-6-15-16(8-12)20-9-19-15/h3-8,11,18H,9H2,1-2H3. The van der Waals surface area contributed by atoms with Gasteiger partial charge in [-0.1, -0.05) is 22.0 Å². The number of fused-ring (bicyclic) bond motifs is 1. The molecule has 1 N–H and O–H groups in total. The lowest BCUT2D eigenvalue weighted by molar-refractivity contribution is 0.174. The summed E-state index contributed by atoms with van der Waals surface area (Å²) in [6, 6.07) is 12.5. The van der Waals surface area contributed by atoms with Crippen LogP contribution in [0.3, 0.4) is 0 Å². The van der Waals surface area contributed by atoms with E-state index in [2.05, 4.69) is 53.3 Å². The zero-order valence-electron chi connectivity index (χ0n) is 11.4. The van der Waals surface area contributed by atoms with Gasteiger partial charge in [-0.3, -0.25) is 0 Å². The van der Waals surface area contributed by atoms with E-state index >= 15 is 0 Å². The Kier molecular flexibility index (Phi) is 3.57. The van der Waals surface area contributed by atoms with E-state index in [0.29, 0.717) is 6.79 Å². The molecular weight excluding hydrogens is 318 g/mol. The van der Waals surface area contributed by atoms with Gasteiger partial charge in [-0.25, -0.2) is 0 Å². The van der Waals surface area contributed by atoms with Crippen LogP contribution in [0.2, 0.25) is 0 Å². The van der Waals surface area contributed by atoms with Gasteiger partial charge in [0.1, 0.15) is 0 Å². The molecule has 1 heterocycles. The zero-order valence-corrected chi connectivity index (χ0v) is 13.0. The third-order valence-corrected chi connectivity index (χ3v) is 3.95. The van der Waals surface area contributed by atoms with E-state index in [1.54, 1.807) is 0 Å². The van der Waals surface area contributed by atoms with Crippen LogP contribution in [0.4, 0.5) is 5.69 Å². The molecule has 1 unspecified atom stereocenters. The predicted molar refractivity (Wildman–Crippen MR) is 83.5 cm³/mol. The van der Waals surface area contributed by atoms with Gasteiger partial charge in [0.2, 0.25) is 6.79 Å². The van der Waals surface area contributed by atoms with Gasteiger partial charge in [0, 0.05) is 16.2 Å². The molecule has 0 saturated carbocycles. The van der Waals surface area contributed by atoms with Crippen LogP contribution < -0.4 is 14.8 Å². The van der Waals surface area contributed by atoms with Crippen molar-refractivity contribution in [1.82, 2.24) is 0 Å². The Balaban J connectivity index is 1.80. The normalized spacial score (nSPS) is 14.2. The highest BCUT2D eigenvalue weighted by Gasteiger charge is 2.16. The third-order valence-electron chi connectivity index (χ3n) is 3.46. The largest absolute Gasteiger partial charge is 0.454 e. The molecule has 0 saturated heterocycles. The van der Waals surface area contributed by atoms with Crippen molar-refractivity contribution in [3.63, 3.8) is 0 Å². The summed E-state index contributed by atoms with van der Waals surface area (Å²) < 4.78 is 11.9. The van der Waals surface area contributed by atoms with Crippen molar-refractivity contribution in [3.05, 3.63) is 52.0 Å². The molecule has 1 aliphatic heterocycles. The van der Waals surface area contributed by atoms with Gasteiger partial charge in [0.15, 0.2) is 11.5 Å². The van der Waals surface area contributed by atoms with Crippen LogP contribution in [-0.2, 0) is 0 Å². The Morgan fingerprint density at radius 1 is 1.10 bits per heavy atom. The molecule has 3 nitrogen and oxygen atoms in total. The van der Waals surface area contributed by atoms with E-state index in [4.69, 9.17) is 9.47 Å². The number of nitrogens with one attached hydrogen (secondary N) is 1. The lowest BCUT2D eigenvalue weighted by atomic mass is 10.1. The van der Waals surface area contributed by atoms with Crippen molar-refractivity contribution in [2.24, 2.45) is 0 Å². The van der Waals surface area contributed by atoms with E-state index in [1.165, 1.54) is 11.1 Å². The molecule has 4 heteroatoms. The number of hydrogen-bond donors (Lipinski definition) is 1. The van der Waals surface area contributed by atoms with Crippen LogP contribution >= 0.6 is 15.9 Å². The number of halogens is 1. The van der Waals surface area contributed by atoms with Crippen molar-refractivity contribution in [3.8, 4) is 11.5 Å². The van der Waals surface area contributed by atoms with Crippen molar-refractivity contribution in [1.29, 1.82) is 0 Å². The second-order valence-electron chi connectivity index (χ2n) is 4.94. The Bertz CT molecular complexity index is 642. The maximum Gasteiger partial charge on any atom is 0.231 e. The molecule has 0 fully saturated rings. The molecule has 0 bridgehead atoms. The summed E-state index contributed by atoms with van der Waals surface area (Å²) in [5.41, 5.74) is 3.53. The minimum Gasteiger partial charge on any atom is -0.454 e. The average molecular weight is 334 g/mol. The molecule has 0 spiro atoms. The van der Waals surface area contributed by atoms with Crippen molar-refractivity contribution < 1.29 is 9.47 Å². The average Bonchev–Trinajstić information content (AvgIpc) is 2.89. The summed E-state index contributed by atoms with van der Waals surface area (Å²) in [6.45, 7) is 4.55. The number of ether oxygens (including phenoxy) is 2. The van der Waals surface area contributed by atoms with Gasteiger partial charge in [0.25, 0.3) is 0 Å². The topological polar surface area (TPSA) is 30.5 Å². The first kappa shape index (κ1) is 13.3. The van der Waals surface area contributed by atoms with E-state index < -0.39 is 0 Å². The molecule has 1 atom stereocenters. The maximum absolute atomic E-state index is 5.42. The van der Waals surface area contributed by atoms with Gasteiger partial charge >= 0.3 is 0 Å². The van der Waals surface area contributed by atoms with Crippen LogP contribution in [0.15, 0.2) is 40.9 Å². The smallest absolute Gasteiger partial charge is 0.231 e. The van der Waals surface area contributed by atoms with Gasteiger partial charge < -0.3 is 14.8 Å². The Morgan fingerprint density at radius 2 is 1.90 bits per heavy atom. The Morgan fingerprint density at radius 3 is 2.70 bits per heavy atom. The molecule has 0 amide bonds. The SMILES string of the molecule is Cc1cc(Br)ccc1NC(C)c1ccc2c(c1)OCO2. The quantitative estimate of drug-likeness (QED) is 0.886. The molecule has 1 aliphatic rings. The molecule has 0 aromatic heterocycles. The number of rotatable bonds is 3. The third kappa shape index (κ3) is 2.61. The maximum atomic E-state index is 5.42. The monoisotopic (exact) mass is 333 g/mol. The number of aryl methyl sites for hydroxylation is 1. The summed E-state index contributed by atoms with van der Waals surface area (Å²) in [5.74, 6) is 1.64. The molecule has 3 rings (SSSR count). The fourth-order valence-corrected chi connectivity index (χ4v) is 2.76. The Labute approximate surface area is 127 Å². The lowest BCUT2D eigenvalue weighted by Gasteiger charge is -2.18. The minimum absolute atomic E-state index is 0.198. The molecule has 0 radical (unpaired) electrons. The molecule has 20 heavy (non-hydrogen) atoms. The minimum atomic E-state index is 0.198. The lowest BCUT2D eigenvalue weighted by Crippen LogP contribution is -2.07. The molecule has 2 aromatic rings. The van der Waals surface area contributed by atoms with Gasteiger partial charge in [-0.2, -0.15) is 0 Å². The molecule has 2 aromatic carbocycles. The number of hydrogen-bond acceptors (Lipinski definition) is 3. The first-order chi connectivity index (χ1) is 9.63. The fourth-order valence-electron chi connectivity index (χ4n) is 2.29. The van der Waals surface area contributed by atoms with Gasteiger partial charge in [-0.15, -0.1) is 0 Å². The van der Waals surface area contributed by atoms with E-state index in [-0.39, 0.29) is 6.04 Å². The van der Waals surface area contributed by atoms with Crippen molar-refractivity contribution >= 4 is 21.6 Å². The summed E-state index contributed by atoms with van der Waals surface area (Å²) in [4.78, 5) is 0. The number of anilines is 1. The van der Waals surface area contributed by atoms with Gasteiger partial charge in [-0.05, 0) is 55.3 Å². The van der Waals surface area contributed by atoms with Gasteiger partial charge in [0.05, 0.1) is 0 Å². The highest BCUT2D eigenvalue weighted by Crippen LogP contribution is 2.35. The first-order valence-corrected chi connectivity index (χ1v) is 7.35. The summed E-state index contributed by atoms with van der Waals surface area (Å²) in [5, 5.41) is 3.53. The second kappa shape index (κ2) is 5.37. The summed E-state index contributed by atoms with van der Waals surface area (Å²) in [6.07, 6.45) is 0. The fraction of sp³-hybridized carbons (Fsp3) is 0.250. The Hall–Kier alpha value is -1.68. The molecule has 0 aliphatic carbocycles. The van der Waals surface area contributed by atoms with Crippen LogP contribution in [0.25, 0.3) is 0 Å². The van der Waals surface area contributed by atoms with Crippen molar-refractivity contribution in [2.45, 2.75) is 19.9 Å². The van der Waals surface area contributed by atoms with E-state index in [1.807, 2.05) is 18.2 Å². The van der Waals surface area contributed by atoms with Crippen LogP contribution in [0.5, 0.6) is 11.5 Å². The predicted octanol–water partition coefficient (Wildman–Crippen LogP) is 4.66. The summed E-state index contributed by atoms with van der Waals surface area (Å²) in [7, 11) is 0. The van der Waals surface area contributed by atoms with E-state index in [0.717, 1.165) is 21.7 Å². The number of benzene rings is 2. The van der Waals surface area contributed by atoms with Crippen LogP contribution in [-0.4, -0.2) is 6.79 Å². The van der Waals surface area contributed by atoms with E-state index in [9.17, 15) is 0 Å².